The number of aromatic nitrogens is 3. The first-order chi connectivity index (χ1) is 7.79. The lowest BCUT2D eigenvalue weighted by Gasteiger charge is -2.19. The van der Waals surface area contributed by atoms with Gasteiger partial charge in [0.05, 0.1) is 13.7 Å². The highest BCUT2D eigenvalue weighted by Crippen LogP contribution is 2.15. The predicted molar refractivity (Wildman–Crippen MR) is 59.0 cm³/mol. The molecule has 0 unspecified atom stereocenters. The van der Waals surface area contributed by atoms with Crippen LogP contribution in [0.25, 0.3) is 0 Å². The van der Waals surface area contributed by atoms with Crippen LogP contribution in [-0.2, 0) is 4.74 Å². The summed E-state index contributed by atoms with van der Waals surface area (Å²) in [5.74, 6) is 0.544. The molecule has 6 nitrogen and oxygen atoms in total. The van der Waals surface area contributed by atoms with E-state index in [4.69, 9.17) is 21.1 Å². The molecule has 0 radical (unpaired) electrons. The largest absolute Gasteiger partial charge is 0.467 e. The first kappa shape index (κ1) is 11.3. The van der Waals surface area contributed by atoms with Gasteiger partial charge >= 0.3 is 6.01 Å². The fraction of sp³-hybridized carbons (Fsp3) is 0.667. The highest BCUT2D eigenvalue weighted by molar-refractivity contribution is 6.28. The number of halogens is 1. The van der Waals surface area contributed by atoms with Gasteiger partial charge in [0, 0.05) is 19.7 Å². The van der Waals surface area contributed by atoms with E-state index in [9.17, 15) is 0 Å². The van der Waals surface area contributed by atoms with E-state index in [1.54, 1.807) is 0 Å². The topological polar surface area (TPSA) is 60.4 Å². The Bertz CT molecular complexity index is 355. The molecule has 0 aliphatic carbocycles. The van der Waals surface area contributed by atoms with Gasteiger partial charge in [-0.3, -0.25) is 0 Å². The first-order valence-corrected chi connectivity index (χ1v) is 5.45. The van der Waals surface area contributed by atoms with E-state index >= 15 is 0 Å². The summed E-state index contributed by atoms with van der Waals surface area (Å²) in [7, 11) is 1.50. The number of methoxy groups -OCH3 is 1. The molecule has 7 heteroatoms. The van der Waals surface area contributed by atoms with E-state index in [1.165, 1.54) is 7.11 Å². The Morgan fingerprint density at radius 1 is 1.25 bits per heavy atom. The van der Waals surface area contributed by atoms with Gasteiger partial charge in [-0.15, -0.1) is 0 Å². The number of anilines is 1. The van der Waals surface area contributed by atoms with Gasteiger partial charge in [0.25, 0.3) is 0 Å². The van der Waals surface area contributed by atoms with Crippen molar-refractivity contribution in [2.75, 3.05) is 38.3 Å². The summed E-state index contributed by atoms with van der Waals surface area (Å²) in [5.41, 5.74) is 0. The van der Waals surface area contributed by atoms with E-state index < -0.39 is 0 Å². The maximum Gasteiger partial charge on any atom is 0.322 e. The van der Waals surface area contributed by atoms with Crippen LogP contribution in [0.5, 0.6) is 6.01 Å². The maximum absolute atomic E-state index is 5.79. The Morgan fingerprint density at radius 2 is 2.12 bits per heavy atom. The molecule has 0 aromatic carbocycles. The molecule has 1 aliphatic heterocycles. The summed E-state index contributed by atoms with van der Waals surface area (Å²) in [6.45, 7) is 3.05. The molecule has 0 spiro atoms. The highest BCUT2D eigenvalue weighted by Gasteiger charge is 2.15. The van der Waals surface area contributed by atoms with Crippen molar-refractivity contribution in [3.8, 4) is 6.01 Å². The van der Waals surface area contributed by atoms with E-state index in [1.807, 2.05) is 4.90 Å². The molecule has 1 fully saturated rings. The van der Waals surface area contributed by atoms with Crippen LogP contribution in [0, 0.1) is 0 Å². The lowest BCUT2D eigenvalue weighted by atomic mass is 10.4. The van der Waals surface area contributed by atoms with Crippen LogP contribution in [0.15, 0.2) is 0 Å². The van der Waals surface area contributed by atoms with Gasteiger partial charge in [0.2, 0.25) is 11.2 Å². The van der Waals surface area contributed by atoms with Crippen molar-refractivity contribution in [1.82, 2.24) is 15.0 Å². The number of nitrogens with zero attached hydrogens (tertiary/aromatic N) is 4. The minimum absolute atomic E-state index is 0.145. The molecule has 1 saturated heterocycles. The van der Waals surface area contributed by atoms with Gasteiger partial charge in [-0.25, -0.2) is 0 Å². The molecule has 88 valence electrons. The van der Waals surface area contributed by atoms with Crippen molar-refractivity contribution >= 4 is 17.5 Å². The monoisotopic (exact) mass is 244 g/mol. The molecule has 0 atom stereocenters. The first-order valence-electron chi connectivity index (χ1n) is 5.08. The zero-order chi connectivity index (χ0) is 11.4. The third-order valence-corrected chi connectivity index (χ3v) is 2.43. The second-order valence-corrected chi connectivity index (χ2v) is 3.68. The number of rotatable bonds is 2. The molecule has 0 saturated carbocycles. The molecule has 0 amide bonds. The van der Waals surface area contributed by atoms with E-state index in [0.717, 1.165) is 26.1 Å². The van der Waals surface area contributed by atoms with Gasteiger partial charge < -0.3 is 14.4 Å². The van der Waals surface area contributed by atoms with Crippen LogP contribution in [0.2, 0.25) is 5.28 Å². The molecule has 16 heavy (non-hydrogen) atoms. The maximum atomic E-state index is 5.79. The summed E-state index contributed by atoms with van der Waals surface area (Å²) in [6, 6.07) is 0.236. The molecule has 1 aromatic rings. The highest BCUT2D eigenvalue weighted by atomic mass is 35.5. The molecule has 0 bridgehead atoms. The average molecular weight is 245 g/mol. The summed E-state index contributed by atoms with van der Waals surface area (Å²) >= 11 is 5.79. The van der Waals surface area contributed by atoms with Crippen molar-refractivity contribution in [3.05, 3.63) is 5.28 Å². The minimum atomic E-state index is 0.145. The fourth-order valence-corrected chi connectivity index (χ4v) is 1.65. The Labute approximate surface area is 98.6 Å². The zero-order valence-electron chi connectivity index (χ0n) is 9.02. The van der Waals surface area contributed by atoms with E-state index in [-0.39, 0.29) is 11.3 Å². The summed E-state index contributed by atoms with van der Waals surface area (Å²) in [4.78, 5) is 14.1. The lowest BCUT2D eigenvalue weighted by Crippen LogP contribution is -2.28. The summed E-state index contributed by atoms with van der Waals surface area (Å²) in [5, 5.41) is 0.145. The molecule has 2 heterocycles. The molecular weight excluding hydrogens is 232 g/mol. The second-order valence-electron chi connectivity index (χ2n) is 3.34. The van der Waals surface area contributed by atoms with Gasteiger partial charge in [0.15, 0.2) is 0 Å². The number of hydrogen-bond donors (Lipinski definition) is 0. The Kier molecular flexibility index (Phi) is 3.74. The third-order valence-electron chi connectivity index (χ3n) is 2.26. The quantitative estimate of drug-likeness (QED) is 0.766. The van der Waals surface area contributed by atoms with Crippen LogP contribution in [0.3, 0.4) is 0 Å². The van der Waals surface area contributed by atoms with Crippen LogP contribution >= 0.6 is 11.6 Å². The van der Waals surface area contributed by atoms with Crippen molar-refractivity contribution in [3.63, 3.8) is 0 Å². The van der Waals surface area contributed by atoms with Crippen LogP contribution in [-0.4, -0.2) is 48.4 Å². The normalized spacial score (nSPS) is 17.0. The number of ether oxygens (including phenoxy) is 2. The van der Waals surface area contributed by atoms with Crippen molar-refractivity contribution in [2.45, 2.75) is 6.42 Å². The Morgan fingerprint density at radius 3 is 2.94 bits per heavy atom. The lowest BCUT2D eigenvalue weighted by molar-refractivity contribution is 0.152. The number of hydrogen-bond acceptors (Lipinski definition) is 6. The van der Waals surface area contributed by atoms with Crippen LogP contribution in [0.4, 0.5) is 5.95 Å². The van der Waals surface area contributed by atoms with E-state index in [2.05, 4.69) is 15.0 Å². The SMILES string of the molecule is COc1nc(Cl)nc(N2CCCOCC2)n1. The minimum Gasteiger partial charge on any atom is -0.467 e. The molecule has 1 aromatic heterocycles. The standard InChI is InChI=1S/C9H13ClN4O2/c1-15-9-12-7(10)11-8(13-9)14-3-2-5-16-6-4-14/h2-6H2,1H3. The van der Waals surface area contributed by atoms with Crippen LogP contribution in [0.1, 0.15) is 6.42 Å². The van der Waals surface area contributed by atoms with Crippen molar-refractivity contribution in [2.24, 2.45) is 0 Å². The zero-order valence-corrected chi connectivity index (χ0v) is 9.77. The van der Waals surface area contributed by atoms with Crippen LogP contribution < -0.4 is 9.64 Å². The second kappa shape index (κ2) is 5.27. The third kappa shape index (κ3) is 2.70. The molecular formula is C9H13ClN4O2. The average Bonchev–Trinajstić information content (AvgIpc) is 2.56. The van der Waals surface area contributed by atoms with Gasteiger partial charge in [0.1, 0.15) is 0 Å². The van der Waals surface area contributed by atoms with Gasteiger partial charge in [-0.2, -0.15) is 15.0 Å². The molecule has 2 rings (SSSR count). The van der Waals surface area contributed by atoms with Crippen molar-refractivity contribution < 1.29 is 9.47 Å². The van der Waals surface area contributed by atoms with E-state index in [0.29, 0.717) is 12.6 Å². The summed E-state index contributed by atoms with van der Waals surface area (Å²) in [6.07, 6.45) is 0.950. The van der Waals surface area contributed by atoms with Gasteiger partial charge in [-0.05, 0) is 18.0 Å². The van der Waals surface area contributed by atoms with Gasteiger partial charge in [-0.1, -0.05) is 0 Å². The Hall–Kier alpha value is -1.14. The predicted octanol–water partition coefficient (Wildman–Crippen LogP) is 0.760. The van der Waals surface area contributed by atoms with Crippen molar-refractivity contribution in [1.29, 1.82) is 0 Å². The molecule has 0 N–H and O–H groups in total. The summed E-state index contributed by atoms with van der Waals surface area (Å²) < 4.78 is 10.3. The molecule has 1 aliphatic rings. The fourth-order valence-electron chi connectivity index (χ4n) is 1.50. The Balaban J connectivity index is 2.20. The smallest absolute Gasteiger partial charge is 0.322 e.